The van der Waals surface area contributed by atoms with Gasteiger partial charge in [-0.1, -0.05) is 340 Å². The zero-order valence-electron chi connectivity index (χ0n) is 77.9. The fourth-order valence-corrected chi connectivity index (χ4v) is 21.3. The number of benzene rings is 19. The van der Waals surface area contributed by atoms with Crippen molar-refractivity contribution in [3.63, 3.8) is 0 Å². The molecule has 0 spiro atoms. The molecule has 0 unspecified atom stereocenters. The summed E-state index contributed by atoms with van der Waals surface area (Å²) in [5.41, 5.74) is 32.7. The summed E-state index contributed by atoms with van der Waals surface area (Å²) in [5.74, 6) is 1.93. The van der Waals surface area contributed by atoms with Crippen LogP contribution in [0.2, 0.25) is 0 Å². The number of fused-ring (bicyclic) bond motifs is 18. The molecule has 0 fully saturated rings. The Bertz CT molecular complexity index is 9480. The van der Waals surface area contributed by atoms with Gasteiger partial charge in [-0.15, -0.1) is 0 Å². The lowest BCUT2D eigenvalue weighted by Gasteiger charge is -2.14. The molecule has 29 rings (SSSR count). The highest BCUT2D eigenvalue weighted by atomic mass is 15.2. The highest BCUT2D eigenvalue weighted by Crippen LogP contribution is 2.46. The lowest BCUT2D eigenvalue weighted by atomic mass is 9.94. The number of para-hydroxylation sites is 9. The SMILES string of the molecule is c1ccc(-c2cc(-c3ccccc3)cc(-c3nc(-n4c5ccccc5c5c6ccn(-c7ccccc7)c6ccc54)nc4ccccc34)c2)cc1.c1ccc(-c2cc(-c3ccccc3)nc(-c3nc(-n4c5ccccc5c5c6ccn(-c7ccccc7)c6ccc54)nc4ccccc34)c2)cc1.c1ccc(-c2ccc(-c3nc(-n4c5ccccc5c5c6ccn(-c7ccccc7)c6ccc54)nc4ccccc34)cc2)cc1. The topological polar surface area (TPSA) is 120 Å². The molecule has 0 N–H and O–H groups in total. The minimum absolute atomic E-state index is 0.611. The van der Waals surface area contributed by atoms with Crippen LogP contribution in [0.25, 0.3) is 255 Å². The van der Waals surface area contributed by atoms with Crippen LogP contribution in [0.1, 0.15) is 0 Å². The van der Waals surface area contributed by atoms with Crippen LogP contribution in [0.15, 0.2) is 516 Å². The zero-order valence-corrected chi connectivity index (χ0v) is 77.9. The average Bonchev–Trinajstić information content (AvgIpc) is 1.57. The van der Waals surface area contributed by atoms with Gasteiger partial charge in [0.05, 0.1) is 89.0 Å². The van der Waals surface area contributed by atoms with Crippen LogP contribution in [-0.2, 0) is 0 Å². The van der Waals surface area contributed by atoms with Crippen LogP contribution < -0.4 is 0 Å². The number of nitrogens with zero attached hydrogens (tertiary/aromatic N) is 13. The highest BCUT2D eigenvalue weighted by molar-refractivity contribution is 6.24. The molecule has 10 aromatic heterocycles. The summed E-state index contributed by atoms with van der Waals surface area (Å²) in [4.78, 5) is 37.0. The van der Waals surface area contributed by atoms with E-state index in [0.717, 1.165) is 167 Å². The molecule has 0 atom stereocenters. The maximum Gasteiger partial charge on any atom is 0.235 e. The zero-order chi connectivity index (χ0) is 95.1. The molecule has 674 valence electrons. The normalized spacial score (nSPS) is 11.6. The van der Waals surface area contributed by atoms with Crippen molar-refractivity contribution in [1.82, 2.24) is 62.3 Å². The van der Waals surface area contributed by atoms with Gasteiger partial charge in [0.2, 0.25) is 17.8 Å². The van der Waals surface area contributed by atoms with E-state index >= 15 is 0 Å². The van der Waals surface area contributed by atoms with E-state index in [0.29, 0.717) is 17.8 Å². The van der Waals surface area contributed by atoms with Gasteiger partial charge in [0.1, 0.15) is 5.69 Å². The fourth-order valence-electron chi connectivity index (χ4n) is 21.3. The largest absolute Gasteiger partial charge is 0.317 e. The Morgan fingerprint density at radius 2 is 0.389 bits per heavy atom. The monoisotopic (exact) mass is 1840 g/mol. The van der Waals surface area contributed by atoms with Crippen LogP contribution >= 0.6 is 0 Å². The Hall–Kier alpha value is -19.6. The third-order valence-electron chi connectivity index (χ3n) is 27.9. The maximum atomic E-state index is 5.46. The predicted octanol–water partition coefficient (Wildman–Crippen LogP) is 32.7. The molecule has 0 bridgehead atoms. The van der Waals surface area contributed by atoms with Gasteiger partial charge in [0.15, 0.2) is 0 Å². The van der Waals surface area contributed by atoms with E-state index in [4.69, 9.17) is 34.9 Å². The molecule has 0 saturated heterocycles. The Morgan fingerprint density at radius 3 is 0.757 bits per heavy atom. The summed E-state index contributed by atoms with van der Waals surface area (Å²) in [6, 6.07) is 174. The number of hydrogen-bond donors (Lipinski definition) is 0. The van der Waals surface area contributed by atoms with Crippen LogP contribution in [0.4, 0.5) is 0 Å². The number of hydrogen-bond acceptors (Lipinski definition) is 7. The van der Waals surface area contributed by atoms with Crippen molar-refractivity contribution in [3.8, 4) is 125 Å². The third kappa shape index (κ3) is 14.7. The van der Waals surface area contributed by atoms with Crippen LogP contribution in [0, 0.1) is 0 Å². The second-order valence-electron chi connectivity index (χ2n) is 36.3. The van der Waals surface area contributed by atoms with Gasteiger partial charge in [0, 0.05) is 117 Å². The summed E-state index contributed by atoms with van der Waals surface area (Å²) in [6.07, 6.45) is 6.49. The second kappa shape index (κ2) is 35.4. The quantitative estimate of drug-likeness (QED) is 0.106. The van der Waals surface area contributed by atoms with E-state index in [-0.39, 0.29) is 0 Å². The van der Waals surface area contributed by atoms with Crippen molar-refractivity contribution >= 4 is 131 Å². The van der Waals surface area contributed by atoms with Gasteiger partial charge in [-0.3, -0.25) is 13.7 Å². The third-order valence-corrected chi connectivity index (χ3v) is 27.9. The molecule has 0 aliphatic rings. The Balaban J connectivity index is 0.000000108. The minimum Gasteiger partial charge on any atom is -0.317 e. The summed E-state index contributed by atoms with van der Waals surface area (Å²) >= 11 is 0. The molecule has 0 amide bonds. The van der Waals surface area contributed by atoms with Crippen LogP contribution in [0.3, 0.4) is 0 Å². The van der Waals surface area contributed by atoms with Crippen molar-refractivity contribution in [2.45, 2.75) is 0 Å². The molecule has 0 aliphatic heterocycles. The molecule has 144 heavy (non-hydrogen) atoms. The molecule has 0 saturated carbocycles. The summed E-state index contributed by atoms with van der Waals surface area (Å²) in [7, 11) is 0. The first-order chi connectivity index (χ1) is 71.4. The summed E-state index contributed by atoms with van der Waals surface area (Å²) < 4.78 is 13.4. The number of rotatable bonds is 14. The van der Waals surface area contributed by atoms with Crippen molar-refractivity contribution in [3.05, 3.63) is 516 Å². The van der Waals surface area contributed by atoms with Gasteiger partial charge < -0.3 is 13.7 Å². The van der Waals surface area contributed by atoms with Gasteiger partial charge in [-0.25, -0.2) is 34.9 Å². The Labute approximate surface area is 828 Å². The van der Waals surface area contributed by atoms with E-state index in [9.17, 15) is 0 Å². The molecule has 10 heterocycles. The first-order valence-electron chi connectivity index (χ1n) is 48.6. The van der Waals surface area contributed by atoms with Crippen LogP contribution in [-0.4, -0.2) is 62.3 Å². The van der Waals surface area contributed by atoms with Gasteiger partial charge in [-0.2, -0.15) is 0 Å². The average molecular weight is 1840 g/mol. The number of pyridine rings is 1. The highest BCUT2D eigenvalue weighted by Gasteiger charge is 2.27. The first-order valence-corrected chi connectivity index (χ1v) is 48.6. The molecule has 29 aromatic rings. The van der Waals surface area contributed by atoms with E-state index in [1.165, 1.54) is 70.9 Å². The smallest absolute Gasteiger partial charge is 0.235 e. The standard InChI is InChI=1S/C46H30N4.C45H29N5.C40H26N4/c1-4-14-31(15-5-1)33-28-34(32-16-6-2-7-17-32)30-35(29-33)45-37-20-10-12-22-40(37)47-46(48-45)50-42-23-13-11-21-38(42)44-39-26-27-49(36-18-8-3-9-19-36)41(39)24-25-43(44)50;1-4-14-30(15-5-1)32-28-38(31-16-6-2-7-17-31)46-39(29-32)44-34-20-10-12-22-37(34)47-45(48-44)50-41-23-13-11-21-35(41)43-36-26-27-49(33-18-8-3-9-19-33)40(36)24-25-42(43)50;1-3-11-27(12-4-1)28-19-21-29(22-20-28)39-31-15-7-9-17-34(31)41-40(42-39)44-36-18-10-8-16-32(36)38-33-25-26-43(30-13-5-2-6-14-30)35(33)23-24-37(38)44/h1-30H;1-29H;1-26H. The second-order valence-corrected chi connectivity index (χ2v) is 36.3. The minimum atomic E-state index is 0.611. The lowest BCUT2D eigenvalue weighted by Crippen LogP contribution is -2.04. The maximum absolute atomic E-state index is 5.46. The van der Waals surface area contributed by atoms with E-state index in [1.807, 2.05) is 36.4 Å². The Morgan fingerprint density at radius 1 is 0.139 bits per heavy atom. The lowest BCUT2D eigenvalue weighted by molar-refractivity contribution is 1.01. The molecule has 19 aromatic carbocycles. The Kier molecular flexibility index (Phi) is 20.6. The van der Waals surface area contributed by atoms with E-state index in [1.54, 1.807) is 0 Å². The molecule has 0 aliphatic carbocycles. The molecular weight excluding hydrogens is 1760 g/mol. The molecule has 13 nitrogen and oxygen atoms in total. The van der Waals surface area contributed by atoms with E-state index in [2.05, 4.69) is 507 Å². The fraction of sp³-hybridized carbons (Fsp3) is 0. The molecule has 13 heteroatoms. The van der Waals surface area contributed by atoms with Gasteiger partial charge in [-0.05, 0) is 202 Å². The molecule has 0 radical (unpaired) electrons. The summed E-state index contributed by atoms with van der Waals surface area (Å²) in [6.45, 7) is 0. The molecular formula is C131H85N13. The van der Waals surface area contributed by atoms with Gasteiger partial charge >= 0.3 is 0 Å². The van der Waals surface area contributed by atoms with Crippen molar-refractivity contribution in [2.24, 2.45) is 0 Å². The van der Waals surface area contributed by atoms with Crippen LogP contribution in [0.5, 0.6) is 0 Å². The summed E-state index contributed by atoms with van der Waals surface area (Å²) in [5, 5.41) is 13.7. The predicted molar refractivity (Wildman–Crippen MR) is 593 cm³/mol. The number of aromatic nitrogens is 13. The van der Waals surface area contributed by atoms with Crippen molar-refractivity contribution < 1.29 is 0 Å². The van der Waals surface area contributed by atoms with Gasteiger partial charge in [0.25, 0.3) is 0 Å². The first kappa shape index (κ1) is 83.7. The van der Waals surface area contributed by atoms with E-state index < -0.39 is 0 Å². The van der Waals surface area contributed by atoms with Crippen molar-refractivity contribution in [2.75, 3.05) is 0 Å². The van der Waals surface area contributed by atoms with Crippen molar-refractivity contribution in [1.29, 1.82) is 0 Å².